The number of aromatic nitrogens is 2. The van der Waals surface area contributed by atoms with Crippen LogP contribution in [0.25, 0.3) is 22.4 Å². The van der Waals surface area contributed by atoms with Gasteiger partial charge in [0.05, 0.1) is 11.0 Å². The Morgan fingerprint density at radius 1 is 1.12 bits per heavy atom. The highest BCUT2D eigenvalue weighted by Crippen LogP contribution is 2.25. The highest BCUT2D eigenvalue weighted by molar-refractivity contribution is 6.30. The smallest absolute Gasteiger partial charge is 0.248 e. The van der Waals surface area contributed by atoms with E-state index in [1.807, 2.05) is 42.5 Å². The lowest BCUT2D eigenvalue weighted by molar-refractivity contribution is 0.0843. The number of benzene rings is 3. The lowest BCUT2D eigenvalue weighted by atomic mass is 10.1. The van der Waals surface area contributed by atoms with Gasteiger partial charge in [0.2, 0.25) is 5.91 Å². The number of primary amides is 1. The third-order valence-electron chi connectivity index (χ3n) is 5.98. The summed E-state index contributed by atoms with van der Waals surface area (Å²) >= 11 is 6.00. The lowest BCUT2D eigenvalue weighted by Gasteiger charge is -2.33. The zero-order valence-electron chi connectivity index (χ0n) is 18.1. The number of imidazole rings is 1. The zero-order valence-corrected chi connectivity index (χ0v) is 18.9. The summed E-state index contributed by atoms with van der Waals surface area (Å²) < 4.78 is 6.29. The molecule has 0 saturated carbocycles. The normalized spacial score (nSPS) is 16.7. The molecule has 1 fully saturated rings. The number of amides is 1. The van der Waals surface area contributed by atoms with Crippen molar-refractivity contribution in [2.45, 2.75) is 25.5 Å². The number of hydrogen-bond acceptors (Lipinski definition) is 4. The second-order valence-corrected chi connectivity index (χ2v) is 8.89. The Labute approximate surface area is 197 Å². The van der Waals surface area contributed by atoms with Crippen molar-refractivity contribution in [3.05, 3.63) is 82.9 Å². The van der Waals surface area contributed by atoms with Crippen LogP contribution >= 0.6 is 11.6 Å². The fourth-order valence-electron chi connectivity index (χ4n) is 4.28. The van der Waals surface area contributed by atoms with Gasteiger partial charge in [0.15, 0.2) is 0 Å². The number of halogens is 1. The molecule has 0 aliphatic carbocycles. The molecule has 1 saturated heterocycles. The first-order valence-corrected chi connectivity index (χ1v) is 11.4. The fraction of sp³-hybridized carbons (Fsp3) is 0.231. The minimum Gasteiger partial charge on any atom is -0.489 e. The minimum absolute atomic E-state index is 0.162. The number of nitrogens with one attached hydrogen (secondary N) is 1. The number of fused-ring (bicyclic) bond motifs is 1. The van der Waals surface area contributed by atoms with Crippen LogP contribution in [0.5, 0.6) is 5.75 Å². The molecule has 1 atom stereocenters. The number of ether oxygens (including phenoxy) is 1. The Bertz CT molecular complexity index is 1270. The number of H-pyrrole nitrogens is 1. The Hall–Kier alpha value is -3.35. The molecule has 0 spiro atoms. The van der Waals surface area contributed by atoms with Crippen molar-refractivity contribution in [1.29, 1.82) is 0 Å². The van der Waals surface area contributed by atoms with E-state index in [2.05, 4.69) is 27.0 Å². The Balaban J connectivity index is 1.23. The molecule has 3 aromatic carbocycles. The highest BCUT2D eigenvalue weighted by Gasteiger charge is 2.21. The summed E-state index contributed by atoms with van der Waals surface area (Å²) in [5.41, 5.74) is 9.60. The number of nitrogens with two attached hydrogens (primary N) is 1. The standard InChI is InChI=1S/C26H25ClN4O2/c27-20-8-3-17(4-9-20)15-31-13-1-2-22(16-31)33-21-10-5-18(6-11-21)26-29-23-12-7-19(25(28)32)14-24(23)30-26/h3-12,14,22H,1-2,13,15-16H2,(H2,28,32)(H,29,30). The molecule has 1 aliphatic rings. The summed E-state index contributed by atoms with van der Waals surface area (Å²) in [4.78, 5) is 21.7. The van der Waals surface area contributed by atoms with E-state index in [9.17, 15) is 4.79 Å². The molecule has 5 rings (SSSR count). The number of nitrogens with zero attached hydrogens (tertiary/aromatic N) is 2. The molecular weight excluding hydrogens is 436 g/mol. The van der Waals surface area contributed by atoms with E-state index < -0.39 is 5.91 Å². The number of carbonyl (C=O) groups excluding carboxylic acids is 1. The van der Waals surface area contributed by atoms with E-state index in [0.29, 0.717) is 11.1 Å². The zero-order chi connectivity index (χ0) is 22.8. The molecule has 168 valence electrons. The number of piperidine rings is 1. The number of likely N-dealkylation sites (tertiary alicyclic amines) is 1. The van der Waals surface area contributed by atoms with Gasteiger partial charge >= 0.3 is 0 Å². The van der Waals surface area contributed by atoms with Crippen LogP contribution in [-0.4, -0.2) is 40.0 Å². The molecule has 0 radical (unpaired) electrons. The first kappa shape index (κ1) is 21.5. The van der Waals surface area contributed by atoms with Crippen LogP contribution in [0.1, 0.15) is 28.8 Å². The maximum absolute atomic E-state index is 11.4. The molecular formula is C26H25ClN4O2. The van der Waals surface area contributed by atoms with Gasteiger partial charge in [-0.15, -0.1) is 0 Å². The lowest BCUT2D eigenvalue weighted by Crippen LogP contribution is -2.40. The van der Waals surface area contributed by atoms with Gasteiger partial charge in [0, 0.05) is 29.2 Å². The molecule has 1 amide bonds. The monoisotopic (exact) mass is 460 g/mol. The van der Waals surface area contributed by atoms with E-state index in [0.717, 1.165) is 60.2 Å². The molecule has 4 aromatic rings. The van der Waals surface area contributed by atoms with Crippen molar-refractivity contribution in [2.75, 3.05) is 13.1 Å². The third-order valence-corrected chi connectivity index (χ3v) is 6.23. The predicted octanol–water partition coefficient (Wildman–Crippen LogP) is 5.03. The molecule has 6 nitrogen and oxygen atoms in total. The first-order chi connectivity index (χ1) is 16.0. The van der Waals surface area contributed by atoms with Gasteiger partial charge in [-0.3, -0.25) is 9.69 Å². The van der Waals surface area contributed by atoms with E-state index in [1.54, 1.807) is 12.1 Å². The second-order valence-electron chi connectivity index (χ2n) is 8.45. The van der Waals surface area contributed by atoms with E-state index in [1.165, 1.54) is 5.56 Å². The Morgan fingerprint density at radius 3 is 2.67 bits per heavy atom. The molecule has 3 N–H and O–H groups in total. The second kappa shape index (κ2) is 9.25. The SMILES string of the molecule is NC(=O)c1ccc2[nH]c(-c3ccc(OC4CCCN(Cc5ccc(Cl)cc5)C4)cc3)nc2c1. The van der Waals surface area contributed by atoms with Crippen LogP contribution in [0.4, 0.5) is 0 Å². The van der Waals surface area contributed by atoms with Crippen LogP contribution in [0.3, 0.4) is 0 Å². The van der Waals surface area contributed by atoms with Crippen molar-refractivity contribution >= 4 is 28.5 Å². The number of rotatable bonds is 6. The van der Waals surface area contributed by atoms with Crippen LogP contribution in [0.15, 0.2) is 66.7 Å². The number of carbonyl (C=O) groups is 1. The van der Waals surface area contributed by atoms with E-state index >= 15 is 0 Å². The highest BCUT2D eigenvalue weighted by atomic mass is 35.5. The molecule has 33 heavy (non-hydrogen) atoms. The van der Waals surface area contributed by atoms with Gasteiger partial charge in [-0.25, -0.2) is 4.98 Å². The average Bonchev–Trinajstić information content (AvgIpc) is 3.25. The van der Waals surface area contributed by atoms with Crippen molar-refractivity contribution in [3.63, 3.8) is 0 Å². The number of aromatic amines is 1. The molecule has 7 heteroatoms. The summed E-state index contributed by atoms with van der Waals surface area (Å²) in [7, 11) is 0. The van der Waals surface area contributed by atoms with Gasteiger partial charge in [-0.05, 0) is 79.5 Å². The van der Waals surface area contributed by atoms with Crippen molar-refractivity contribution in [1.82, 2.24) is 14.9 Å². The minimum atomic E-state index is -0.461. The summed E-state index contributed by atoms with van der Waals surface area (Å²) in [6.45, 7) is 2.88. The summed E-state index contributed by atoms with van der Waals surface area (Å²) in [5.74, 6) is 1.13. The summed E-state index contributed by atoms with van der Waals surface area (Å²) in [6.07, 6.45) is 2.32. The van der Waals surface area contributed by atoms with Gasteiger partial charge in [0.25, 0.3) is 0 Å². The van der Waals surface area contributed by atoms with E-state index in [4.69, 9.17) is 22.1 Å². The fourth-order valence-corrected chi connectivity index (χ4v) is 4.41. The van der Waals surface area contributed by atoms with Gasteiger partial charge in [-0.1, -0.05) is 23.7 Å². The molecule has 2 heterocycles. The maximum atomic E-state index is 11.4. The van der Waals surface area contributed by atoms with E-state index in [-0.39, 0.29) is 6.10 Å². The largest absolute Gasteiger partial charge is 0.489 e. The van der Waals surface area contributed by atoms with Gasteiger partial charge < -0.3 is 15.5 Å². The van der Waals surface area contributed by atoms with Crippen LogP contribution in [0.2, 0.25) is 5.02 Å². The quantitative estimate of drug-likeness (QED) is 0.423. The molecule has 1 aromatic heterocycles. The predicted molar refractivity (Wildman–Crippen MR) is 130 cm³/mol. The summed E-state index contributed by atoms with van der Waals surface area (Å²) in [5, 5.41) is 0.764. The first-order valence-electron chi connectivity index (χ1n) is 11.1. The van der Waals surface area contributed by atoms with Crippen LogP contribution < -0.4 is 10.5 Å². The molecule has 1 unspecified atom stereocenters. The van der Waals surface area contributed by atoms with Gasteiger partial charge in [-0.2, -0.15) is 0 Å². The van der Waals surface area contributed by atoms with Crippen LogP contribution in [-0.2, 0) is 6.54 Å². The van der Waals surface area contributed by atoms with Crippen molar-refractivity contribution in [3.8, 4) is 17.1 Å². The number of hydrogen-bond donors (Lipinski definition) is 2. The Kier molecular flexibility index (Phi) is 6.03. The van der Waals surface area contributed by atoms with Crippen molar-refractivity contribution < 1.29 is 9.53 Å². The molecule has 0 bridgehead atoms. The topological polar surface area (TPSA) is 84.2 Å². The van der Waals surface area contributed by atoms with Gasteiger partial charge in [0.1, 0.15) is 17.7 Å². The maximum Gasteiger partial charge on any atom is 0.248 e. The summed E-state index contributed by atoms with van der Waals surface area (Å²) in [6, 6.07) is 21.2. The van der Waals surface area contributed by atoms with Crippen LogP contribution in [0, 0.1) is 0 Å². The average molecular weight is 461 g/mol. The Morgan fingerprint density at radius 2 is 1.91 bits per heavy atom. The molecule has 1 aliphatic heterocycles. The third kappa shape index (κ3) is 5.02. The van der Waals surface area contributed by atoms with Crippen molar-refractivity contribution in [2.24, 2.45) is 5.73 Å².